The molecule has 2 aliphatic heterocycles. The fourth-order valence-electron chi connectivity index (χ4n) is 4.41. The molecule has 162 valence electrons. The smallest absolute Gasteiger partial charge is 0.325 e. The summed E-state index contributed by atoms with van der Waals surface area (Å²) in [6, 6.07) is 20.9. The normalized spacial score (nSPS) is 22.5. The summed E-state index contributed by atoms with van der Waals surface area (Å²) in [4.78, 5) is 40.9. The molecule has 0 unspecified atom stereocenters. The van der Waals surface area contributed by atoms with Gasteiger partial charge in [0.1, 0.15) is 12.1 Å². The van der Waals surface area contributed by atoms with E-state index >= 15 is 0 Å². The number of urea groups is 1. The first kappa shape index (κ1) is 20.6. The van der Waals surface area contributed by atoms with Gasteiger partial charge in [-0.25, -0.2) is 4.79 Å². The minimum atomic E-state index is -1.21. The largest absolute Gasteiger partial charge is 0.348 e. The van der Waals surface area contributed by atoms with E-state index in [1.165, 1.54) is 0 Å². The molecule has 3 aromatic rings. The van der Waals surface area contributed by atoms with Crippen molar-refractivity contribution in [2.75, 3.05) is 12.3 Å². The Balaban J connectivity index is 1.33. The van der Waals surface area contributed by atoms with Gasteiger partial charge in [-0.1, -0.05) is 54.6 Å². The van der Waals surface area contributed by atoms with E-state index in [0.29, 0.717) is 5.56 Å². The highest BCUT2D eigenvalue weighted by Crippen LogP contribution is 2.36. The molecule has 7 heteroatoms. The molecule has 5 rings (SSSR count). The molecular formula is C25H23N3O3S. The van der Waals surface area contributed by atoms with E-state index in [2.05, 4.69) is 10.6 Å². The molecule has 3 aromatic carbocycles. The topological polar surface area (TPSA) is 78.5 Å². The number of nitrogens with zero attached hydrogens (tertiary/aromatic N) is 1. The zero-order valence-electron chi connectivity index (χ0n) is 17.6. The Kier molecular flexibility index (Phi) is 5.13. The lowest BCUT2D eigenvalue weighted by Crippen LogP contribution is -2.44. The van der Waals surface area contributed by atoms with Crippen LogP contribution >= 0.6 is 11.8 Å². The molecular weight excluding hydrogens is 422 g/mol. The molecule has 0 radical (unpaired) electrons. The van der Waals surface area contributed by atoms with Gasteiger partial charge in [-0.15, -0.1) is 11.8 Å². The molecule has 2 heterocycles. The first-order chi connectivity index (χ1) is 15.5. The van der Waals surface area contributed by atoms with Crippen molar-refractivity contribution in [2.24, 2.45) is 0 Å². The zero-order chi connectivity index (χ0) is 22.3. The van der Waals surface area contributed by atoms with E-state index in [1.807, 2.05) is 66.7 Å². The van der Waals surface area contributed by atoms with E-state index in [1.54, 1.807) is 18.7 Å². The predicted octanol–water partition coefficient (Wildman–Crippen LogP) is 3.96. The highest BCUT2D eigenvalue weighted by molar-refractivity contribution is 7.99. The van der Waals surface area contributed by atoms with Gasteiger partial charge in [-0.3, -0.25) is 14.5 Å². The van der Waals surface area contributed by atoms with Gasteiger partial charge in [-0.05, 0) is 47.4 Å². The Labute approximate surface area is 190 Å². The highest BCUT2D eigenvalue weighted by atomic mass is 32.2. The molecule has 0 saturated carbocycles. The number of fused-ring (bicyclic) bond motifs is 2. The van der Waals surface area contributed by atoms with Crippen molar-refractivity contribution < 1.29 is 14.4 Å². The Bertz CT molecular complexity index is 1240. The van der Waals surface area contributed by atoms with Crippen molar-refractivity contribution >= 4 is 40.4 Å². The van der Waals surface area contributed by atoms with E-state index < -0.39 is 17.5 Å². The molecule has 32 heavy (non-hydrogen) atoms. The van der Waals surface area contributed by atoms with E-state index in [0.717, 1.165) is 38.3 Å². The van der Waals surface area contributed by atoms with Crippen molar-refractivity contribution in [2.45, 2.75) is 29.8 Å². The van der Waals surface area contributed by atoms with Crippen LogP contribution in [0.4, 0.5) is 4.79 Å². The van der Waals surface area contributed by atoms with Gasteiger partial charge < -0.3 is 10.6 Å². The monoisotopic (exact) mass is 445 g/mol. The van der Waals surface area contributed by atoms with Crippen LogP contribution in [-0.2, 0) is 15.1 Å². The summed E-state index contributed by atoms with van der Waals surface area (Å²) >= 11 is 1.77. The molecule has 4 amide bonds. The molecule has 2 N–H and O–H groups in total. The van der Waals surface area contributed by atoms with Crippen LogP contribution in [0.15, 0.2) is 71.6 Å². The van der Waals surface area contributed by atoms with Gasteiger partial charge in [0, 0.05) is 10.6 Å². The molecule has 0 aromatic heterocycles. The molecule has 0 aliphatic carbocycles. The SMILES string of the molecule is C[C@]1(c2ccc3ccccc3c2)NC(=O)N(CC(=O)N[C@@H]2CCSc3ccccc32)C1=O. The Morgan fingerprint density at radius 1 is 1.09 bits per heavy atom. The summed E-state index contributed by atoms with van der Waals surface area (Å²) < 4.78 is 0. The number of imide groups is 1. The second kappa shape index (κ2) is 7.98. The van der Waals surface area contributed by atoms with Crippen LogP contribution in [0.1, 0.15) is 30.5 Å². The molecule has 1 fully saturated rings. The minimum absolute atomic E-state index is 0.118. The summed E-state index contributed by atoms with van der Waals surface area (Å²) in [7, 11) is 0. The zero-order valence-corrected chi connectivity index (χ0v) is 18.4. The number of amides is 4. The average Bonchev–Trinajstić information content (AvgIpc) is 3.03. The standard InChI is InChI=1S/C25H23N3O3S/c1-25(18-11-10-16-6-2-3-7-17(16)14-18)23(30)28(24(31)27-25)15-22(29)26-20-12-13-32-21-9-5-4-8-19(20)21/h2-11,14,20H,12-13,15H2,1H3,(H,26,29)(H,27,31)/t20-,25-/m1/s1. The van der Waals surface area contributed by atoms with Crippen molar-refractivity contribution in [3.63, 3.8) is 0 Å². The van der Waals surface area contributed by atoms with E-state index in [-0.39, 0.29) is 18.5 Å². The van der Waals surface area contributed by atoms with E-state index in [4.69, 9.17) is 0 Å². The number of nitrogens with one attached hydrogen (secondary N) is 2. The number of hydrogen-bond donors (Lipinski definition) is 2. The van der Waals surface area contributed by atoms with Gasteiger partial charge >= 0.3 is 6.03 Å². The van der Waals surface area contributed by atoms with Crippen LogP contribution in [0.3, 0.4) is 0 Å². The fraction of sp³-hybridized carbons (Fsp3) is 0.240. The third-order valence-electron chi connectivity index (χ3n) is 6.20. The molecule has 6 nitrogen and oxygen atoms in total. The van der Waals surface area contributed by atoms with Gasteiger partial charge in [0.15, 0.2) is 0 Å². The molecule has 0 spiro atoms. The third-order valence-corrected chi connectivity index (χ3v) is 7.32. The average molecular weight is 446 g/mol. The lowest BCUT2D eigenvalue weighted by Gasteiger charge is -2.26. The highest BCUT2D eigenvalue weighted by Gasteiger charge is 2.49. The maximum absolute atomic E-state index is 13.3. The summed E-state index contributed by atoms with van der Waals surface area (Å²) in [6.45, 7) is 1.38. The molecule has 0 bridgehead atoms. The summed E-state index contributed by atoms with van der Waals surface area (Å²) in [6.07, 6.45) is 0.808. The van der Waals surface area contributed by atoms with Crippen molar-refractivity contribution in [3.05, 3.63) is 77.9 Å². The maximum Gasteiger partial charge on any atom is 0.325 e. The number of thioether (sulfide) groups is 1. The van der Waals surface area contributed by atoms with Crippen LogP contribution < -0.4 is 10.6 Å². The van der Waals surface area contributed by atoms with Gasteiger partial charge in [-0.2, -0.15) is 0 Å². The lowest BCUT2D eigenvalue weighted by atomic mass is 9.90. The van der Waals surface area contributed by atoms with Crippen molar-refractivity contribution in [3.8, 4) is 0 Å². The predicted molar refractivity (Wildman–Crippen MR) is 124 cm³/mol. The van der Waals surface area contributed by atoms with Crippen LogP contribution in [0, 0.1) is 0 Å². The quantitative estimate of drug-likeness (QED) is 0.596. The summed E-state index contributed by atoms with van der Waals surface area (Å²) in [5.41, 5.74) is 0.557. The second-order valence-electron chi connectivity index (χ2n) is 8.30. The number of benzene rings is 3. The first-order valence-corrected chi connectivity index (χ1v) is 11.6. The minimum Gasteiger partial charge on any atom is -0.348 e. The Morgan fingerprint density at radius 2 is 1.84 bits per heavy atom. The molecule has 2 atom stereocenters. The number of hydrogen-bond acceptors (Lipinski definition) is 4. The Hall–Kier alpha value is -3.32. The first-order valence-electron chi connectivity index (χ1n) is 10.6. The lowest BCUT2D eigenvalue weighted by molar-refractivity contribution is -0.135. The summed E-state index contributed by atoms with van der Waals surface area (Å²) in [5, 5.41) is 7.84. The van der Waals surface area contributed by atoms with Crippen LogP contribution in [-0.4, -0.2) is 35.0 Å². The third kappa shape index (κ3) is 3.52. The molecule has 1 saturated heterocycles. The number of carbonyl (C=O) groups is 3. The fourth-order valence-corrected chi connectivity index (χ4v) is 5.54. The Morgan fingerprint density at radius 3 is 2.69 bits per heavy atom. The van der Waals surface area contributed by atoms with Crippen molar-refractivity contribution in [1.29, 1.82) is 0 Å². The summed E-state index contributed by atoms with van der Waals surface area (Å²) in [5.74, 6) is 0.140. The maximum atomic E-state index is 13.3. The van der Waals surface area contributed by atoms with Gasteiger partial charge in [0.2, 0.25) is 5.91 Å². The van der Waals surface area contributed by atoms with Gasteiger partial charge in [0.25, 0.3) is 5.91 Å². The van der Waals surface area contributed by atoms with Crippen LogP contribution in [0.25, 0.3) is 10.8 Å². The van der Waals surface area contributed by atoms with Crippen LogP contribution in [0.2, 0.25) is 0 Å². The van der Waals surface area contributed by atoms with E-state index in [9.17, 15) is 14.4 Å². The van der Waals surface area contributed by atoms with Crippen LogP contribution in [0.5, 0.6) is 0 Å². The van der Waals surface area contributed by atoms with Gasteiger partial charge in [0.05, 0.1) is 6.04 Å². The molecule has 2 aliphatic rings. The second-order valence-corrected chi connectivity index (χ2v) is 9.44. The number of rotatable bonds is 4. The van der Waals surface area contributed by atoms with Crippen molar-refractivity contribution in [1.82, 2.24) is 15.5 Å². The number of carbonyl (C=O) groups excluding carboxylic acids is 3.